The topological polar surface area (TPSA) is 194 Å². The van der Waals surface area contributed by atoms with Crippen molar-refractivity contribution in [1.82, 2.24) is 9.97 Å². The van der Waals surface area contributed by atoms with Crippen LogP contribution in [-0.4, -0.2) is 50.1 Å². The number of nitrogens with zero attached hydrogens (tertiary/aromatic N) is 4. The zero-order valence-corrected chi connectivity index (χ0v) is 25.8. The highest BCUT2D eigenvalue weighted by Gasteiger charge is 2.25. The van der Waals surface area contributed by atoms with Gasteiger partial charge in [0.1, 0.15) is 11.2 Å². The first-order valence-electron chi connectivity index (χ1n) is 13.2. The van der Waals surface area contributed by atoms with Crippen molar-refractivity contribution in [3.63, 3.8) is 0 Å². The lowest BCUT2D eigenvalue weighted by atomic mass is 10.2. The molecule has 45 heavy (non-hydrogen) atoms. The van der Waals surface area contributed by atoms with Gasteiger partial charge in [-0.25, -0.2) is 14.6 Å². The standard InChI is InChI=1S/C15H14N2O5.C8H7BrN2O4.C7H8O/c1-2-21-15(18)14-12(17(19)20)8-9-13(16-14)22-10-11-6-4-3-5-7-11;1-2-15-8(12)7-5(11(13)14)3-4-6(9)10-7;8-6-7-4-2-1-3-5-7/h3-9H,2,10H2,1H3;3-4H,2H2,1H3;1-5,8H,6H2. The molecule has 0 amide bonds. The molecular weight excluding hydrogens is 656 g/mol. The Morgan fingerprint density at radius 2 is 1.20 bits per heavy atom. The molecule has 14 nitrogen and oxygen atoms in total. The highest BCUT2D eigenvalue weighted by Crippen LogP contribution is 2.22. The van der Waals surface area contributed by atoms with E-state index in [0.717, 1.165) is 11.1 Å². The van der Waals surface area contributed by atoms with Crippen LogP contribution in [0.1, 0.15) is 46.0 Å². The third kappa shape index (κ3) is 12.1. The van der Waals surface area contributed by atoms with Crippen molar-refractivity contribution in [2.75, 3.05) is 13.2 Å². The van der Waals surface area contributed by atoms with Gasteiger partial charge in [-0.2, -0.15) is 4.98 Å². The van der Waals surface area contributed by atoms with Crippen molar-refractivity contribution in [2.24, 2.45) is 0 Å². The van der Waals surface area contributed by atoms with Gasteiger partial charge in [-0.05, 0) is 47.0 Å². The highest BCUT2D eigenvalue weighted by atomic mass is 79.9. The summed E-state index contributed by atoms with van der Waals surface area (Å²) in [5.74, 6) is -1.53. The molecular formula is C30H29BrN4O10. The molecule has 0 saturated heterocycles. The van der Waals surface area contributed by atoms with Crippen molar-refractivity contribution in [1.29, 1.82) is 0 Å². The van der Waals surface area contributed by atoms with Gasteiger partial charge in [0, 0.05) is 18.2 Å². The zero-order valence-electron chi connectivity index (χ0n) is 24.2. The van der Waals surface area contributed by atoms with Gasteiger partial charge in [-0.1, -0.05) is 60.7 Å². The highest BCUT2D eigenvalue weighted by molar-refractivity contribution is 9.10. The minimum Gasteiger partial charge on any atom is -0.473 e. The van der Waals surface area contributed by atoms with Crippen LogP contribution in [0.3, 0.4) is 0 Å². The van der Waals surface area contributed by atoms with E-state index in [1.165, 1.54) is 24.3 Å². The molecule has 236 valence electrons. The molecule has 0 bridgehead atoms. The molecule has 0 fully saturated rings. The van der Waals surface area contributed by atoms with Crippen LogP contribution >= 0.6 is 15.9 Å². The average molecular weight is 685 g/mol. The fourth-order valence-electron chi connectivity index (χ4n) is 3.25. The van der Waals surface area contributed by atoms with Crippen LogP contribution in [0.15, 0.2) is 89.5 Å². The average Bonchev–Trinajstić information content (AvgIpc) is 3.05. The molecule has 15 heteroatoms. The number of pyridine rings is 2. The summed E-state index contributed by atoms with van der Waals surface area (Å²) < 4.78 is 15.2. The molecule has 0 saturated carbocycles. The minimum atomic E-state index is -0.848. The summed E-state index contributed by atoms with van der Waals surface area (Å²) in [6.07, 6.45) is 0. The molecule has 0 atom stereocenters. The molecule has 0 aliphatic carbocycles. The lowest BCUT2D eigenvalue weighted by Crippen LogP contribution is -2.11. The normalized spacial score (nSPS) is 9.78. The summed E-state index contributed by atoms with van der Waals surface area (Å²) in [6.45, 7) is 3.85. The molecule has 2 aromatic carbocycles. The number of carbonyl (C=O) groups excluding carboxylic acids is 2. The van der Waals surface area contributed by atoms with Gasteiger partial charge in [0.05, 0.1) is 29.7 Å². The Morgan fingerprint density at radius 1 is 0.733 bits per heavy atom. The quantitative estimate of drug-likeness (QED) is 0.0906. The van der Waals surface area contributed by atoms with Gasteiger partial charge in [-0.15, -0.1) is 0 Å². The SMILES string of the molecule is CCOC(=O)c1nc(Br)ccc1[N+](=O)[O-].CCOC(=O)c1nc(OCc2ccccc2)ccc1[N+](=O)[O-].OCc1ccccc1. The van der Waals surface area contributed by atoms with E-state index in [-0.39, 0.29) is 49.4 Å². The Morgan fingerprint density at radius 3 is 1.64 bits per heavy atom. The summed E-state index contributed by atoms with van der Waals surface area (Å²) in [7, 11) is 0. The van der Waals surface area contributed by atoms with Crippen LogP contribution in [0, 0.1) is 20.2 Å². The summed E-state index contributed by atoms with van der Waals surface area (Å²) in [4.78, 5) is 50.8. The lowest BCUT2D eigenvalue weighted by molar-refractivity contribution is -0.385. The predicted octanol–water partition coefficient (Wildman–Crippen LogP) is 5.85. The van der Waals surface area contributed by atoms with Crippen molar-refractivity contribution in [3.8, 4) is 5.88 Å². The van der Waals surface area contributed by atoms with Gasteiger partial charge in [0.2, 0.25) is 17.3 Å². The molecule has 1 N–H and O–H groups in total. The molecule has 0 spiro atoms. The molecule has 2 heterocycles. The number of aliphatic hydroxyl groups is 1. The second-order valence-electron chi connectivity index (χ2n) is 8.39. The van der Waals surface area contributed by atoms with Gasteiger partial charge >= 0.3 is 23.3 Å². The van der Waals surface area contributed by atoms with E-state index in [4.69, 9.17) is 14.6 Å². The predicted molar refractivity (Wildman–Crippen MR) is 165 cm³/mol. The fraction of sp³-hybridized carbons (Fsp3) is 0.200. The number of aromatic nitrogens is 2. The summed E-state index contributed by atoms with van der Waals surface area (Å²) >= 11 is 3.02. The number of esters is 2. The number of aliphatic hydroxyl groups excluding tert-OH is 1. The van der Waals surface area contributed by atoms with E-state index in [9.17, 15) is 29.8 Å². The molecule has 2 aromatic heterocycles. The lowest BCUT2D eigenvalue weighted by Gasteiger charge is -2.07. The van der Waals surface area contributed by atoms with Crippen LogP contribution in [0.25, 0.3) is 0 Å². The molecule has 4 aromatic rings. The first-order chi connectivity index (χ1) is 21.6. The van der Waals surface area contributed by atoms with Crippen LogP contribution in [0.2, 0.25) is 0 Å². The first kappa shape index (κ1) is 35.9. The Bertz CT molecular complexity index is 1570. The maximum Gasteiger partial charge on any atom is 0.364 e. The molecule has 0 unspecified atom stereocenters. The van der Waals surface area contributed by atoms with E-state index < -0.39 is 27.5 Å². The second kappa shape index (κ2) is 19.1. The van der Waals surface area contributed by atoms with E-state index in [1.54, 1.807) is 13.8 Å². The maximum absolute atomic E-state index is 11.8. The number of halogens is 1. The summed E-state index contributed by atoms with van der Waals surface area (Å²) in [6, 6.07) is 24.0. The number of ether oxygens (including phenoxy) is 3. The van der Waals surface area contributed by atoms with Gasteiger partial charge in [0.15, 0.2) is 0 Å². The summed E-state index contributed by atoms with van der Waals surface area (Å²) in [5.41, 5.74) is 0.448. The molecule has 4 rings (SSSR count). The number of hydrogen-bond acceptors (Lipinski definition) is 12. The third-order valence-corrected chi connectivity index (χ3v) is 5.72. The minimum absolute atomic E-state index is 0.104. The number of rotatable bonds is 10. The monoisotopic (exact) mass is 684 g/mol. The number of nitro groups is 2. The number of hydrogen-bond donors (Lipinski definition) is 1. The van der Waals surface area contributed by atoms with Crippen molar-refractivity contribution in [2.45, 2.75) is 27.1 Å². The van der Waals surface area contributed by atoms with E-state index >= 15 is 0 Å². The van der Waals surface area contributed by atoms with Crippen LogP contribution in [-0.2, 0) is 22.7 Å². The molecule has 0 aliphatic rings. The number of carbonyl (C=O) groups is 2. The van der Waals surface area contributed by atoms with E-state index in [2.05, 4.69) is 30.6 Å². The third-order valence-electron chi connectivity index (χ3n) is 5.27. The van der Waals surface area contributed by atoms with Gasteiger partial charge in [0.25, 0.3) is 0 Å². The Labute approximate surface area is 266 Å². The Kier molecular flexibility index (Phi) is 15.2. The smallest absolute Gasteiger partial charge is 0.364 e. The van der Waals surface area contributed by atoms with Crippen molar-refractivity contribution >= 4 is 39.2 Å². The summed E-state index contributed by atoms with van der Waals surface area (Å²) in [5, 5.41) is 30.1. The molecule has 0 radical (unpaired) electrons. The Balaban J connectivity index is 0.000000263. The van der Waals surface area contributed by atoms with E-state index in [1.807, 2.05) is 60.7 Å². The largest absolute Gasteiger partial charge is 0.473 e. The zero-order chi connectivity index (χ0) is 33.2. The maximum atomic E-state index is 11.8. The van der Waals surface area contributed by atoms with Gasteiger partial charge < -0.3 is 19.3 Å². The van der Waals surface area contributed by atoms with Gasteiger partial charge in [-0.3, -0.25) is 20.2 Å². The second-order valence-corrected chi connectivity index (χ2v) is 9.20. The molecule has 0 aliphatic heterocycles. The fourth-order valence-corrected chi connectivity index (χ4v) is 3.56. The van der Waals surface area contributed by atoms with Crippen LogP contribution in [0.5, 0.6) is 5.88 Å². The van der Waals surface area contributed by atoms with Crippen molar-refractivity contribution in [3.05, 3.63) is 132 Å². The first-order valence-corrected chi connectivity index (χ1v) is 14.0. The Hall–Kier alpha value is -5.28. The number of benzene rings is 2. The van der Waals surface area contributed by atoms with Crippen LogP contribution in [0.4, 0.5) is 11.4 Å². The van der Waals surface area contributed by atoms with Crippen LogP contribution < -0.4 is 4.74 Å². The van der Waals surface area contributed by atoms with E-state index in [0.29, 0.717) is 4.60 Å². The van der Waals surface area contributed by atoms with Crippen molar-refractivity contribution < 1.29 is 38.8 Å².